The van der Waals surface area contributed by atoms with Crippen molar-refractivity contribution >= 4 is 29.9 Å². The Morgan fingerprint density at radius 1 is 0.744 bits per heavy atom. The molecule has 0 saturated carbocycles. The van der Waals surface area contributed by atoms with Crippen LogP contribution in [-0.2, 0) is 36.8 Å². The molecule has 11 nitrogen and oxygen atoms in total. The van der Waals surface area contributed by atoms with Crippen LogP contribution in [0.1, 0.15) is 38.3 Å². The van der Waals surface area contributed by atoms with Crippen LogP contribution < -0.4 is 10.6 Å². The number of carboxylic acid groups (broad SMARTS) is 3. The monoisotopic (exact) mass is 542 g/mol. The van der Waals surface area contributed by atoms with Crippen LogP contribution in [0.15, 0.2) is 60.7 Å². The minimum absolute atomic E-state index is 0.0318. The normalized spacial score (nSPS) is 14.2. The van der Waals surface area contributed by atoms with Gasteiger partial charge in [-0.1, -0.05) is 60.7 Å². The van der Waals surface area contributed by atoms with Crippen LogP contribution in [-0.4, -0.2) is 62.9 Å². The molecule has 0 aliphatic rings. The summed E-state index contributed by atoms with van der Waals surface area (Å²) < 4.78 is 5.21. The Kier molecular flexibility index (Phi) is 11.0. The summed E-state index contributed by atoms with van der Waals surface area (Å²) in [7, 11) is 0. The summed E-state index contributed by atoms with van der Waals surface area (Å²) in [5.41, 5.74) is 0.288. The second-order valence-electron chi connectivity index (χ2n) is 10.1. The van der Waals surface area contributed by atoms with Crippen LogP contribution in [0.3, 0.4) is 0 Å². The average molecular weight is 543 g/mol. The molecule has 0 heterocycles. The third-order valence-corrected chi connectivity index (χ3v) is 5.78. The van der Waals surface area contributed by atoms with Gasteiger partial charge in [-0.3, -0.25) is 14.4 Å². The Bertz CT molecular complexity index is 1150. The number of hydrogen-bond donors (Lipinski definition) is 5. The van der Waals surface area contributed by atoms with Crippen LogP contribution >= 0.6 is 0 Å². The molecule has 0 saturated heterocycles. The summed E-state index contributed by atoms with van der Waals surface area (Å²) in [6.45, 7) is 4.79. The number of alkyl carbamates (subject to hydrolysis) is 1. The van der Waals surface area contributed by atoms with Crippen molar-refractivity contribution in [1.29, 1.82) is 0 Å². The van der Waals surface area contributed by atoms with Crippen molar-refractivity contribution in [3.8, 4) is 0 Å². The van der Waals surface area contributed by atoms with E-state index in [2.05, 4.69) is 10.6 Å². The molecule has 2 unspecified atom stereocenters. The zero-order chi connectivity index (χ0) is 29.2. The van der Waals surface area contributed by atoms with Gasteiger partial charge in [0.05, 0.1) is 11.8 Å². The van der Waals surface area contributed by atoms with Gasteiger partial charge >= 0.3 is 24.0 Å². The van der Waals surface area contributed by atoms with E-state index < -0.39 is 65.8 Å². The van der Waals surface area contributed by atoms with Crippen molar-refractivity contribution in [3.63, 3.8) is 0 Å². The number of aliphatic carboxylic acids is 3. The molecule has 0 spiro atoms. The molecule has 11 heteroatoms. The van der Waals surface area contributed by atoms with Gasteiger partial charge in [0.2, 0.25) is 5.91 Å². The Morgan fingerprint density at radius 3 is 1.69 bits per heavy atom. The molecule has 2 amide bonds. The zero-order valence-electron chi connectivity index (χ0n) is 22.0. The molecule has 0 aromatic heterocycles. The molecule has 0 aliphatic carbocycles. The van der Waals surface area contributed by atoms with Gasteiger partial charge in [0.1, 0.15) is 17.7 Å². The quantitative estimate of drug-likeness (QED) is 0.254. The Hall–Kier alpha value is -4.41. The first-order valence-electron chi connectivity index (χ1n) is 12.3. The molecular weight excluding hydrogens is 508 g/mol. The smallest absolute Gasteiger partial charge is 0.408 e. The van der Waals surface area contributed by atoms with Gasteiger partial charge in [-0.25, -0.2) is 9.59 Å². The second-order valence-corrected chi connectivity index (χ2v) is 10.1. The van der Waals surface area contributed by atoms with Crippen LogP contribution in [0.5, 0.6) is 0 Å². The first kappa shape index (κ1) is 30.8. The van der Waals surface area contributed by atoms with E-state index in [9.17, 15) is 39.3 Å². The van der Waals surface area contributed by atoms with Gasteiger partial charge in [0.15, 0.2) is 0 Å². The first-order valence-corrected chi connectivity index (χ1v) is 12.3. The number of nitrogens with one attached hydrogen (secondary N) is 2. The van der Waals surface area contributed by atoms with E-state index in [1.165, 1.54) is 0 Å². The fraction of sp³-hybridized carbons (Fsp3) is 0.393. The Labute approximate surface area is 226 Å². The number of benzene rings is 2. The third kappa shape index (κ3) is 10.5. The minimum atomic E-state index is -1.87. The predicted molar refractivity (Wildman–Crippen MR) is 140 cm³/mol. The lowest BCUT2D eigenvalue weighted by molar-refractivity contribution is -0.152. The molecule has 0 aliphatic heterocycles. The molecule has 2 aromatic rings. The van der Waals surface area contributed by atoms with E-state index in [1.807, 2.05) is 0 Å². The summed E-state index contributed by atoms with van der Waals surface area (Å²) in [5, 5.41) is 34.0. The van der Waals surface area contributed by atoms with E-state index >= 15 is 0 Å². The summed E-state index contributed by atoms with van der Waals surface area (Å²) in [5.74, 6) is -8.01. The summed E-state index contributed by atoms with van der Waals surface area (Å²) in [6, 6.07) is 13.6. The number of ether oxygens (including phenoxy) is 1. The standard InChI is InChI=1S/C28H34N2O9/c1-28(2,3)39-27(38)29-21(16-19(24(32)33)14-17-10-6-4-7-11-17)23(31)30-22(26(36)37)20(25(34)35)15-18-12-8-5-9-13-18/h4-13,19-22H,14-16H2,1-3H3,(H,29,38)(H,30,31)(H,32,33)(H,34,35)(H,36,37)/t19?,20?,21-,22-/m0/s1. The van der Waals surface area contributed by atoms with E-state index in [0.717, 1.165) is 0 Å². The molecule has 0 radical (unpaired) electrons. The average Bonchev–Trinajstić information content (AvgIpc) is 2.84. The second kappa shape index (κ2) is 13.9. The van der Waals surface area contributed by atoms with Gasteiger partial charge in [-0.2, -0.15) is 0 Å². The first-order chi connectivity index (χ1) is 18.3. The van der Waals surface area contributed by atoms with Crippen LogP contribution in [0.25, 0.3) is 0 Å². The number of carbonyl (C=O) groups is 5. The predicted octanol–water partition coefficient (Wildman–Crippen LogP) is 2.73. The lowest BCUT2D eigenvalue weighted by Crippen LogP contribution is -2.56. The number of carboxylic acids is 3. The van der Waals surface area contributed by atoms with Gasteiger partial charge in [-0.05, 0) is 51.2 Å². The highest BCUT2D eigenvalue weighted by molar-refractivity contribution is 5.92. The number of rotatable bonds is 13. The number of amides is 2. The molecule has 0 fully saturated rings. The molecule has 2 rings (SSSR count). The van der Waals surface area contributed by atoms with Crippen LogP contribution in [0, 0.1) is 11.8 Å². The topological polar surface area (TPSA) is 179 Å². The van der Waals surface area contributed by atoms with Gasteiger partial charge < -0.3 is 30.7 Å². The largest absolute Gasteiger partial charge is 0.481 e. The molecule has 210 valence electrons. The fourth-order valence-electron chi connectivity index (χ4n) is 3.94. The third-order valence-electron chi connectivity index (χ3n) is 5.78. The van der Waals surface area contributed by atoms with E-state index in [4.69, 9.17) is 4.74 Å². The van der Waals surface area contributed by atoms with Crippen molar-refractivity contribution in [2.24, 2.45) is 11.8 Å². The Morgan fingerprint density at radius 2 is 1.26 bits per heavy atom. The highest BCUT2D eigenvalue weighted by Crippen LogP contribution is 2.18. The maximum atomic E-state index is 13.3. The highest BCUT2D eigenvalue weighted by Gasteiger charge is 2.38. The van der Waals surface area contributed by atoms with Crippen LogP contribution in [0.4, 0.5) is 4.79 Å². The van der Waals surface area contributed by atoms with Crippen molar-refractivity contribution in [2.45, 2.75) is 57.7 Å². The Balaban J connectivity index is 2.33. The van der Waals surface area contributed by atoms with Gasteiger partial charge in [0.25, 0.3) is 0 Å². The maximum Gasteiger partial charge on any atom is 0.408 e. The SMILES string of the molecule is CC(C)(C)OC(=O)N[C@@H](CC(Cc1ccccc1)C(=O)O)C(=O)N[C@H](C(=O)O)C(Cc1ccccc1)C(=O)O. The van der Waals surface area contributed by atoms with E-state index in [0.29, 0.717) is 11.1 Å². The molecule has 5 N–H and O–H groups in total. The van der Waals surface area contributed by atoms with E-state index in [-0.39, 0.29) is 12.8 Å². The molecule has 2 aromatic carbocycles. The number of carbonyl (C=O) groups excluding carboxylic acids is 2. The maximum absolute atomic E-state index is 13.3. The van der Waals surface area contributed by atoms with Crippen molar-refractivity contribution in [3.05, 3.63) is 71.8 Å². The molecule has 4 atom stereocenters. The lowest BCUT2D eigenvalue weighted by Gasteiger charge is -2.27. The van der Waals surface area contributed by atoms with Gasteiger partial charge in [0, 0.05) is 0 Å². The molecule has 39 heavy (non-hydrogen) atoms. The fourth-order valence-corrected chi connectivity index (χ4v) is 3.94. The summed E-state index contributed by atoms with van der Waals surface area (Å²) in [6.07, 6.45) is -1.58. The minimum Gasteiger partial charge on any atom is -0.481 e. The molecular formula is C28H34N2O9. The molecule has 0 bridgehead atoms. The van der Waals surface area contributed by atoms with Gasteiger partial charge in [-0.15, -0.1) is 0 Å². The summed E-state index contributed by atoms with van der Waals surface area (Å²) >= 11 is 0. The van der Waals surface area contributed by atoms with Crippen molar-refractivity contribution in [1.82, 2.24) is 10.6 Å². The van der Waals surface area contributed by atoms with Crippen molar-refractivity contribution in [2.75, 3.05) is 0 Å². The highest BCUT2D eigenvalue weighted by atomic mass is 16.6. The zero-order valence-corrected chi connectivity index (χ0v) is 22.0. The number of hydrogen-bond acceptors (Lipinski definition) is 6. The van der Waals surface area contributed by atoms with E-state index in [1.54, 1.807) is 81.4 Å². The summed E-state index contributed by atoms with van der Waals surface area (Å²) in [4.78, 5) is 62.0. The lowest BCUT2D eigenvalue weighted by atomic mass is 9.90. The van der Waals surface area contributed by atoms with Crippen LogP contribution in [0.2, 0.25) is 0 Å². The van der Waals surface area contributed by atoms with Crippen molar-refractivity contribution < 1.29 is 44.0 Å².